The molecule has 0 unspecified atom stereocenters. The maximum atomic E-state index is 12.0. The van der Waals surface area contributed by atoms with Crippen LogP contribution in [0.15, 0.2) is 48.5 Å². The van der Waals surface area contributed by atoms with Crippen molar-refractivity contribution in [3.05, 3.63) is 48.5 Å². The number of rotatable bonds is 9. The third-order valence-electron chi connectivity index (χ3n) is 3.56. The van der Waals surface area contributed by atoms with Gasteiger partial charge in [-0.15, -0.1) is 0 Å². The molecule has 0 radical (unpaired) electrons. The van der Waals surface area contributed by atoms with Crippen molar-refractivity contribution in [1.82, 2.24) is 0 Å². The van der Waals surface area contributed by atoms with Gasteiger partial charge in [-0.05, 0) is 55.0 Å². The van der Waals surface area contributed by atoms with Crippen LogP contribution in [0.2, 0.25) is 0 Å². The molecule has 0 aliphatic rings. The van der Waals surface area contributed by atoms with Crippen molar-refractivity contribution in [1.29, 1.82) is 0 Å². The first-order chi connectivity index (χ1) is 12.6. The van der Waals surface area contributed by atoms with Crippen molar-refractivity contribution in [3.63, 3.8) is 0 Å². The molecular weight excluding hydrogens is 330 g/mol. The fourth-order valence-electron chi connectivity index (χ4n) is 2.23. The molecule has 2 aromatic carbocycles. The molecule has 0 fully saturated rings. The number of benzene rings is 2. The molecule has 0 aliphatic carbocycles. The molecule has 2 rings (SSSR count). The summed E-state index contributed by atoms with van der Waals surface area (Å²) in [6.45, 7) is 4.43. The van der Waals surface area contributed by atoms with Gasteiger partial charge < -0.3 is 20.7 Å². The summed E-state index contributed by atoms with van der Waals surface area (Å²) in [5.74, 6) is 0.538. The Kier molecular flexibility index (Phi) is 7.49. The van der Waals surface area contributed by atoms with E-state index in [0.717, 1.165) is 30.0 Å². The monoisotopic (exact) mass is 355 g/mol. The minimum atomic E-state index is -0.143. The summed E-state index contributed by atoms with van der Waals surface area (Å²) in [4.78, 5) is 23.0. The highest BCUT2D eigenvalue weighted by molar-refractivity contribution is 5.94. The van der Waals surface area contributed by atoms with Crippen LogP contribution in [0.25, 0.3) is 0 Å². The molecule has 0 aliphatic heterocycles. The lowest BCUT2D eigenvalue weighted by Crippen LogP contribution is -2.21. The van der Waals surface area contributed by atoms with Crippen LogP contribution in [0.5, 0.6) is 5.75 Å². The molecular formula is C20H25N3O3. The second-order valence-electron chi connectivity index (χ2n) is 5.89. The first-order valence-corrected chi connectivity index (χ1v) is 8.71. The molecule has 0 spiro atoms. The van der Waals surface area contributed by atoms with Crippen LogP contribution in [-0.2, 0) is 9.59 Å². The number of anilines is 3. The lowest BCUT2D eigenvalue weighted by atomic mass is 10.2. The van der Waals surface area contributed by atoms with Gasteiger partial charge in [-0.3, -0.25) is 9.59 Å². The average Bonchev–Trinajstić information content (AvgIpc) is 2.62. The molecule has 0 bridgehead atoms. The van der Waals surface area contributed by atoms with Crippen LogP contribution in [0.3, 0.4) is 0 Å². The van der Waals surface area contributed by atoms with E-state index in [1.165, 1.54) is 6.92 Å². The van der Waals surface area contributed by atoms with E-state index in [0.29, 0.717) is 12.3 Å². The van der Waals surface area contributed by atoms with Crippen LogP contribution in [0, 0.1) is 0 Å². The molecule has 0 saturated carbocycles. The van der Waals surface area contributed by atoms with E-state index in [4.69, 9.17) is 4.74 Å². The number of ether oxygens (including phenoxy) is 1. The van der Waals surface area contributed by atoms with Crippen LogP contribution in [0.4, 0.5) is 17.1 Å². The third kappa shape index (κ3) is 6.84. The van der Waals surface area contributed by atoms with Crippen molar-refractivity contribution in [3.8, 4) is 5.75 Å². The Bertz CT molecular complexity index is 712. The molecule has 26 heavy (non-hydrogen) atoms. The van der Waals surface area contributed by atoms with E-state index in [2.05, 4.69) is 22.9 Å². The number of nitrogens with one attached hydrogen (secondary N) is 3. The highest BCUT2D eigenvalue weighted by Crippen LogP contribution is 2.16. The van der Waals surface area contributed by atoms with Gasteiger partial charge in [0.05, 0.1) is 13.2 Å². The van der Waals surface area contributed by atoms with Gasteiger partial charge in [0.25, 0.3) is 0 Å². The Morgan fingerprint density at radius 3 is 2.08 bits per heavy atom. The van der Waals surface area contributed by atoms with E-state index in [-0.39, 0.29) is 18.4 Å². The van der Waals surface area contributed by atoms with Gasteiger partial charge in [-0.1, -0.05) is 13.3 Å². The number of hydrogen-bond donors (Lipinski definition) is 3. The average molecular weight is 355 g/mol. The molecule has 138 valence electrons. The summed E-state index contributed by atoms with van der Waals surface area (Å²) < 4.78 is 5.59. The number of hydrogen-bond acceptors (Lipinski definition) is 4. The maximum absolute atomic E-state index is 12.0. The normalized spacial score (nSPS) is 10.1. The first kappa shape index (κ1) is 19.3. The zero-order valence-electron chi connectivity index (χ0n) is 15.2. The predicted octanol–water partition coefficient (Wildman–Crippen LogP) is 3.87. The standard InChI is InChI=1S/C20H25N3O3/c1-3-4-13-26-19-11-9-18(10-12-19)23-20(25)14-21-16-5-7-17(8-6-16)22-15(2)24/h5-12,21H,3-4,13-14H2,1-2H3,(H,22,24)(H,23,25). The van der Waals surface area contributed by atoms with Crippen LogP contribution in [0.1, 0.15) is 26.7 Å². The van der Waals surface area contributed by atoms with Crippen LogP contribution < -0.4 is 20.7 Å². The van der Waals surface area contributed by atoms with Crippen LogP contribution >= 0.6 is 0 Å². The molecule has 2 aromatic rings. The largest absolute Gasteiger partial charge is 0.494 e. The van der Waals surface area contributed by atoms with E-state index < -0.39 is 0 Å². The Morgan fingerprint density at radius 2 is 1.46 bits per heavy atom. The van der Waals surface area contributed by atoms with Crippen molar-refractivity contribution in [2.24, 2.45) is 0 Å². The summed E-state index contributed by atoms with van der Waals surface area (Å²) in [6, 6.07) is 14.5. The molecule has 3 N–H and O–H groups in total. The first-order valence-electron chi connectivity index (χ1n) is 8.71. The van der Waals surface area contributed by atoms with Gasteiger partial charge in [0.1, 0.15) is 5.75 Å². The van der Waals surface area contributed by atoms with Crippen molar-refractivity contribution in [2.75, 3.05) is 29.1 Å². The highest BCUT2D eigenvalue weighted by atomic mass is 16.5. The zero-order chi connectivity index (χ0) is 18.8. The lowest BCUT2D eigenvalue weighted by molar-refractivity contribution is -0.115. The van der Waals surface area contributed by atoms with E-state index in [1.807, 2.05) is 24.3 Å². The molecule has 0 atom stereocenters. The van der Waals surface area contributed by atoms with Gasteiger partial charge in [0.2, 0.25) is 11.8 Å². The Morgan fingerprint density at radius 1 is 0.885 bits per heavy atom. The number of amides is 2. The smallest absolute Gasteiger partial charge is 0.243 e. The van der Waals surface area contributed by atoms with Crippen molar-refractivity contribution >= 4 is 28.9 Å². The topological polar surface area (TPSA) is 79.5 Å². The number of carbonyl (C=O) groups excluding carboxylic acids is 2. The van der Waals surface area contributed by atoms with Gasteiger partial charge in [0.15, 0.2) is 0 Å². The van der Waals surface area contributed by atoms with E-state index in [9.17, 15) is 9.59 Å². The second kappa shape index (κ2) is 10.1. The van der Waals surface area contributed by atoms with Crippen molar-refractivity contribution in [2.45, 2.75) is 26.7 Å². The second-order valence-corrected chi connectivity index (χ2v) is 5.89. The molecule has 6 nitrogen and oxygen atoms in total. The van der Waals surface area contributed by atoms with Crippen LogP contribution in [-0.4, -0.2) is 25.0 Å². The van der Waals surface area contributed by atoms with Crippen molar-refractivity contribution < 1.29 is 14.3 Å². The third-order valence-corrected chi connectivity index (χ3v) is 3.56. The fraction of sp³-hybridized carbons (Fsp3) is 0.300. The highest BCUT2D eigenvalue weighted by Gasteiger charge is 2.03. The minimum absolute atomic E-state index is 0.119. The Labute approximate surface area is 153 Å². The zero-order valence-corrected chi connectivity index (χ0v) is 15.2. The summed E-state index contributed by atoms with van der Waals surface area (Å²) in [7, 11) is 0. The number of unbranched alkanes of at least 4 members (excludes halogenated alkanes) is 1. The molecule has 6 heteroatoms. The summed E-state index contributed by atoms with van der Waals surface area (Å²) in [5.41, 5.74) is 2.24. The quantitative estimate of drug-likeness (QED) is 0.597. The SMILES string of the molecule is CCCCOc1ccc(NC(=O)CNc2ccc(NC(C)=O)cc2)cc1. The molecule has 2 amide bonds. The van der Waals surface area contributed by atoms with Gasteiger partial charge in [-0.25, -0.2) is 0 Å². The fourth-order valence-corrected chi connectivity index (χ4v) is 2.23. The Hall–Kier alpha value is -3.02. The van der Waals surface area contributed by atoms with Gasteiger partial charge >= 0.3 is 0 Å². The summed E-state index contributed by atoms with van der Waals surface area (Å²) >= 11 is 0. The summed E-state index contributed by atoms with van der Waals surface area (Å²) in [5, 5.41) is 8.57. The predicted molar refractivity (Wildman–Crippen MR) is 105 cm³/mol. The van der Waals surface area contributed by atoms with E-state index in [1.54, 1.807) is 24.3 Å². The summed E-state index contributed by atoms with van der Waals surface area (Å²) in [6.07, 6.45) is 2.12. The number of carbonyl (C=O) groups is 2. The minimum Gasteiger partial charge on any atom is -0.494 e. The van der Waals surface area contributed by atoms with Gasteiger partial charge in [-0.2, -0.15) is 0 Å². The molecule has 0 aromatic heterocycles. The molecule has 0 heterocycles. The lowest BCUT2D eigenvalue weighted by Gasteiger charge is -2.10. The van der Waals surface area contributed by atoms with E-state index >= 15 is 0 Å². The molecule has 0 saturated heterocycles. The van der Waals surface area contributed by atoms with Gasteiger partial charge in [0, 0.05) is 24.0 Å². The maximum Gasteiger partial charge on any atom is 0.243 e. The Balaban J connectivity index is 1.76.